The highest BCUT2D eigenvalue weighted by Crippen LogP contribution is 2.32. The molecule has 1 atom stereocenters. The fraction of sp³-hybridized carbons (Fsp3) is 0.500. The monoisotopic (exact) mass is 226 g/mol. The maximum Gasteiger partial charge on any atom is 0.136 e. The molecule has 0 aromatic heterocycles. The Labute approximate surface area is 93.7 Å². The summed E-state index contributed by atoms with van der Waals surface area (Å²) in [5, 5.41) is 9.78. The van der Waals surface area contributed by atoms with Gasteiger partial charge in [0, 0.05) is 10.6 Å². The van der Waals surface area contributed by atoms with E-state index in [2.05, 4.69) is 0 Å². The first kappa shape index (κ1) is 11.0. The van der Waals surface area contributed by atoms with Crippen LogP contribution in [0, 0.1) is 11.7 Å². The van der Waals surface area contributed by atoms with Crippen molar-refractivity contribution in [3.63, 3.8) is 0 Å². The molecular formula is C12H15FOS. The van der Waals surface area contributed by atoms with Crippen LogP contribution in [0.5, 0.6) is 0 Å². The van der Waals surface area contributed by atoms with Gasteiger partial charge in [0.2, 0.25) is 0 Å². The standard InChI is InChI=1S/C12H15FOS/c13-10-6-1-2-7-12(10)15-8-11(14)9-4-3-5-9/h1-2,6-7,9,11,14H,3-5,8H2. The van der Waals surface area contributed by atoms with E-state index in [0.29, 0.717) is 16.6 Å². The minimum atomic E-state index is -0.275. The lowest BCUT2D eigenvalue weighted by atomic mass is 9.82. The lowest BCUT2D eigenvalue weighted by molar-refractivity contribution is 0.0817. The van der Waals surface area contributed by atoms with Gasteiger partial charge in [-0.25, -0.2) is 4.39 Å². The molecule has 3 heteroatoms. The number of rotatable bonds is 4. The topological polar surface area (TPSA) is 20.2 Å². The second-order valence-corrected chi connectivity index (χ2v) is 5.06. The fourth-order valence-electron chi connectivity index (χ4n) is 1.70. The molecule has 0 saturated heterocycles. The summed E-state index contributed by atoms with van der Waals surface area (Å²) in [5.41, 5.74) is 0. The van der Waals surface area contributed by atoms with Crippen LogP contribution in [0.25, 0.3) is 0 Å². The second-order valence-electron chi connectivity index (χ2n) is 4.00. The average Bonchev–Trinajstić information content (AvgIpc) is 2.14. The van der Waals surface area contributed by atoms with Crippen LogP contribution in [-0.2, 0) is 0 Å². The molecule has 1 N–H and O–H groups in total. The highest BCUT2D eigenvalue weighted by Gasteiger charge is 2.25. The molecule has 1 fully saturated rings. The zero-order chi connectivity index (χ0) is 10.7. The molecule has 0 spiro atoms. The molecule has 0 bridgehead atoms. The van der Waals surface area contributed by atoms with E-state index in [1.54, 1.807) is 12.1 Å². The molecule has 1 unspecified atom stereocenters. The van der Waals surface area contributed by atoms with Gasteiger partial charge < -0.3 is 5.11 Å². The van der Waals surface area contributed by atoms with Crippen molar-refractivity contribution in [2.75, 3.05) is 5.75 Å². The largest absolute Gasteiger partial charge is 0.392 e. The van der Waals surface area contributed by atoms with Gasteiger partial charge in [-0.2, -0.15) is 0 Å². The van der Waals surface area contributed by atoms with Crippen molar-refractivity contribution >= 4 is 11.8 Å². The molecule has 0 amide bonds. The van der Waals surface area contributed by atoms with E-state index >= 15 is 0 Å². The van der Waals surface area contributed by atoms with Crippen LogP contribution in [0.4, 0.5) is 4.39 Å². The molecule has 1 saturated carbocycles. The number of aliphatic hydroxyl groups is 1. The third-order valence-corrected chi connectivity index (χ3v) is 4.09. The summed E-state index contributed by atoms with van der Waals surface area (Å²) in [6, 6.07) is 6.72. The summed E-state index contributed by atoms with van der Waals surface area (Å²) in [7, 11) is 0. The normalized spacial score (nSPS) is 18.5. The van der Waals surface area contributed by atoms with Gasteiger partial charge in [-0.1, -0.05) is 18.6 Å². The number of aliphatic hydroxyl groups excluding tert-OH is 1. The van der Waals surface area contributed by atoms with Crippen molar-refractivity contribution in [1.29, 1.82) is 0 Å². The minimum absolute atomic E-state index is 0.191. The summed E-state index contributed by atoms with van der Waals surface area (Å²) >= 11 is 1.41. The van der Waals surface area contributed by atoms with E-state index in [9.17, 15) is 9.50 Å². The Morgan fingerprint density at radius 2 is 2.13 bits per heavy atom. The molecule has 1 aliphatic rings. The Bertz CT molecular complexity index is 325. The first-order valence-electron chi connectivity index (χ1n) is 5.33. The molecule has 0 aliphatic heterocycles. The number of thioether (sulfide) groups is 1. The third kappa shape index (κ3) is 2.73. The predicted octanol–water partition coefficient (Wildman–Crippen LogP) is 3.08. The third-order valence-electron chi connectivity index (χ3n) is 2.94. The summed E-state index contributed by atoms with van der Waals surface area (Å²) < 4.78 is 13.2. The number of halogens is 1. The quantitative estimate of drug-likeness (QED) is 0.796. The average molecular weight is 226 g/mol. The van der Waals surface area contributed by atoms with Gasteiger partial charge in [0.1, 0.15) is 5.82 Å². The van der Waals surface area contributed by atoms with Gasteiger partial charge in [-0.15, -0.1) is 11.8 Å². The fourth-order valence-corrected chi connectivity index (χ4v) is 2.70. The van der Waals surface area contributed by atoms with Crippen LogP contribution >= 0.6 is 11.8 Å². The van der Waals surface area contributed by atoms with E-state index in [1.165, 1.54) is 24.2 Å². The van der Waals surface area contributed by atoms with E-state index in [4.69, 9.17) is 0 Å². The SMILES string of the molecule is OC(CSc1ccccc1F)C1CCC1. The Hall–Kier alpha value is -0.540. The van der Waals surface area contributed by atoms with Crippen LogP contribution in [0.2, 0.25) is 0 Å². The first-order valence-corrected chi connectivity index (χ1v) is 6.31. The van der Waals surface area contributed by atoms with Crippen molar-refractivity contribution in [3.05, 3.63) is 30.1 Å². The van der Waals surface area contributed by atoms with E-state index < -0.39 is 0 Å². The van der Waals surface area contributed by atoms with E-state index in [0.717, 1.165) is 12.8 Å². The minimum Gasteiger partial charge on any atom is -0.392 e. The van der Waals surface area contributed by atoms with Crippen molar-refractivity contribution in [2.24, 2.45) is 5.92 Å². The summed E-state index contributed by atoms with van der Waals surface area (Å²) in [6.45, 7) is 0. The van der Waals surface area contributed by atoms with Gasteiger partial charge in [0.05, 0.1) is 6.10 Å². The number of hydrogen-bond acceptors (Lipinski definition) is 2. The smallest absolute Gasteiger partial charge is 0.136 e. The Morgan fingerprint density at radius 1 is 1.40 bits per heavy atom. The zero-order valence-corrected chi connectivity index (χ0v) is 9.34. The molecule has 1 aromatic carbocycles. The van der Waals surface area contributed by atoms with E-state index in [-0.39, 0.29) is 11.9 Å². The lowest BCUT2D eigenvalue weighted by Crippen LogP contribution is -2.28. The maximum atomic E-state index is 13.2. The van der Waals surface area contributed by atoms with Crippen LogP contribution in [0.1, 0.15) is 19.3 Å². The Morgan fingerprint density at radius 3 is 2.73 bits per heavy atom. The van der Waals surface area contributed by atoms with Crippen molar-refractivity contribution in [1.82, 2.24) is 0 Å². The molecule has 2 rings (SSSR count). The van der Waals surface area contributed by atoms with Crippen LogP contribution in [0.3, 0.4) is 0 Å². The van der Waals surface area contributed by atoms with Gasteiger partial charge in [-0.3, -0.25) is 0 Å². The van der Waals surface area contributed by atoms with E-state index in [1.807, 2.05) is 6.07 Å². The predicted molar refractivity (Wildman–Crippen MR) is 60.5 cm³/mol. The second kappa shape index (κ2) is 4.99. The van der Waals surface area contributed by atoms with Crippen LogP contribution < -0.4 is 0 Å². The highest BCUT2D eigenvalue weighted by molar-refractivity contribution is 7.99. The van der Waals surface area contributed by atoms with Crippen molar-refractivity contribution < 1.29 is 9.50 Å². The zero-order valence-electron chi connectivity index (χ0n) is 8.53. The van der Waals surface area contributed by atoms with Crippen molar-refractivity contribution in [3.8, 4) is 0 Å². The summed E-state index contributed by atoms with van der Waals surface area (Å²) in [5.74, 6) is 0.860. The maximum absolute atomic E-state index is 13.2. The summed E-state index contributed by atoms with van der Waals surface area (Å²) in [4.78, 5) is 0.635. The number of benzene rings is 1. The van der Waals surface area contributed by atoms with Crippen LogP contribution in [0.15, 0.2) is 29.2 Å². The summed E-state index contributed by atoms with van der Waals surface area (Å²) in [6.07, 6.45) is 3.20. The molecular weight excluding hydrogens is 211 g/mol. The first-order chi connectivity index (χ1) is 7.27. The van der Waals surface area contributed by atoms with Crippen molar-refractivity contribution in [2.45, 2.75) is 30.3 Å². The number of hydrogen-bond donors (Lipinski definition) is 1. The molecule has 1 nitrogen and oxygen atoms in total. The highest BCUT2D eigenvalue weighted by atomic mass is 32.2. The molecule has 1 aromatic rings. The molecule has 15 heavy (non-hydrogen) atoms. The Kier molecular flexibility index (Phi) is 3.65. The Balaban J connectivity index is 1.84. The molecule has 82 valence electrons. The lowest BCUT2D eigenvalue weighted by Gasteiger charge is -2.30. The molecule has 0 radical (unpaired) electrons. The van der Waals surface area contributed by atoms with Gasteiger partial charge >= 0.3 is 0 Å². The van der Waals surface area contributed by atoms with Crippen LogP contribution in [-0.4, -0.2) is 17.0 Å². The van der Waals surface area contributed by atoms with Gasteiger partial charge in [0.25, 0.3) is 0 Å². The molecule has 0 heterocycles. The molecule has 1 aliphatic carbocycles. The van der Waals surface area contributed by atoms with Gasteiger partial charge in [-0.05, 0) is 30.9 Å². The van der Waals surface area contributed by atoms with Gasteiger partial charge in [0.15, 0.2) is 0 Å².